The summed E-state index contributed by atoms with van der Waals surface area (Å²) in [5, 5.41) is 11.7. The maximum Gasteiger partial charge on any atom is 0.264 e. The molecule has 0 saturated heterocycles. The molecule has 8 heteroatoms. The molecule has 0 fully saturated rings. The van der Waals surface area contributed by atoms with Crippen LogP contribution in [-0.2, 0) is 0 Å². The van der Waals surface area contributed by atoms with E-state index in [-0.39, 0.29) is 5.56 Å². The standard InChI is InChI=1S/C18H13ClN6O/c19-13-3-1-2-12(8-13)18-14(11-6-7-21-15(20)9-11)10-25(24-18)16-4-5-17(26)23-22-16/h1-10H,(H2,20,21)(H,23,26). The van der Waals surface area contributed by atoms with Crippen molar-refractivity contribution in [2.45, 2.75) is 0 Å². The summed E-state index contributed by atoms with van der Waals surface area (Å²) in [6, 6.07) is 14.0. The smallest absolute Gasteiger partial charge is 0.264 e. The van der Waals surface area contributed by atoms with Crippen LogP contribution in [0, 0.1) is 0 Å². The third-order valence-electron chi connectivity index (χ3n) is 3.80. The first-order valence-electron chi connectivity index (χ1n) is 7.74. The number of nitrogens with one attached hydrogen (secondary N) is 1. The second kappa shape index (κ2) is 6.45. The molecule has 0 bridgehead atoms. The number of hydrogen-bond donors (Lipinski definition) is 2. The van der Waals surface area contributed by atoms with E-state index in [9.17, 15) is 4.79 Å². The molecular weight excluding hydrogens is 352 g/mol. The summed E-state index contributed by atoms with van der Waals surface area (Å²) in [7, 11) is 0. The van der Waals surface area contributed by atoms with Gasteiger partial charge in [0.05, 0.1) is 0 Å². The fourth-order valence-electron chi connectivity index (χ4n) is 2.63. The number of halogens is 1. The van der Waals surface area contributed by atoms with Gasteiger partial charge in [0.2, 0.25) is 0 Å². The Morgan fingerprint density at radius 1 is 1.08 bits per heavy atom. The van der Waals surface area contributed by atoms with Gasteiger partial charge in [-0.2, -0.15) is 10.2 Å². The first-order valence-corrected chi connectivity index (χ1v) is 8.11. The van der Waals surface area contributed by atoms with E-state index in [0.717, 1.165) is 16.7 Å². The van der Waals surface area contributed by atoms with Crippen molar-refractivity contribution in [3.05, 3.63) is 76.3 Å². The quantitative estimate of drug-likeness (QED) is 0.581. The van der Waals surface area contributed by atoms with Crippen molar-refractivity contribution in [2.75, 3.05) is 5.73 Å². The van der Waals surface area contributed by atoms with Gasteiger partial charge in [-0.25, -0.2) is 14.8 Å². The molecule has 0 amide bonds. The van der Waals surface area contributed by atoms with E-state index in [4.69, 9.17) is 17.3 Å². The first-order chi connectivity index (χ1) is 12.6. The second-order valence-corrected chi connectivity index (χ2v) is 6.03. The summed E-state index contributed by atoms with van der Waals surface area (Å²) < 4.78 is 1.60. The number of aromatic nitrogens is 5. The largest absolute Gasteiger partial charge is 0.384 e. The molecule has 0 aliphatic carbocycles. The van der Waals surface area contributed by atoms with Gasteiger partial charge in [-0.1, -0.05) is 23.7 Å². The highest BCUT2D eigenvalue weighted by molar-refractivity contribution is 6.30. The molecule has 0 unspecified atom stereocenters. The van der Waals surface area contributed by atoms with Gasteiger partial charge in [-0.05, 0) is 35.9 Å². The van der Waals surface area contributed by atoms with Crippen LogP contribution in [-0.4, -0.2) is 25.0 Å². The molecule has 3 N–H and O–H groups in total. The number of nitrogens with two attached hydrogens (primary N) is 1. The highest BCUT2D eigenvalue weighted by Gasteiger charge is 2.15. The zero-order chi connectivity index (χ0) is 18.1. The van der Waals surface area contributed by atoms with Crippen LogP contribution in [0.3, 0.4) is 0 Å². The Labute approximate surface area is 153 Å². The van der Waals surface area contributed by atoms with Gasteiger partial charge in [-0.3, -0.25) is 4.79 Å². The van der Waals surface area contributed by atoms with Gasteiger partial charge in [0.1, 0.15) is 11.5 Å². The Bertz CT molecular complexity index is 1070. The molecule has 4 aromatic rings. The SMILES string of the molecule is Nc1cc(-c2cn(-c3ccc(=O)[nH]n3)nc2-c2cccc(Cl)c2)ccn1. The maximum absolute atomic E-state index is 11.3. The van der Waals surface area contributed by atoms with E-state index in [1.807, 2.05) is 30.5 Å². The van der Waals surface area contributed by atoms with Crippen LogP contribution >= 0.6 is 11.6 Å². The van der Waals surface area contributed by atoms with Crippen LogP contribution in [0.25, 0.3) is 28.2 Å². The zero-order valence-electron chi connectivity index (χ0n) is 13.4. The van der Waals surface area contributed by atoms with Crippen LogP contribution in [0.5, 0.6) is 0 Å². The molecular formula is C18H13ClN6O. The number of benzene rings is 1. The Hall–Kier alpha value is -3.45. The van der Waals surface area contributed by atoms with Crippen LogP contribution in [0.4, 0.5) is 5.82 Å². The molecule has 4 rings (SSSR count). The Morgan fingerprint density at radius 2 is 1.96 bits per heavy atom. The monoisotopic (exact) mass is 364 g/mol. The number of aromatic amines is 1. The van der Waals surface area contributed by atoms with Crippen molar-refractivity contribution >= 4 is 17.4 Å². The van der Waals surface area contributed by atoms with Gasteiger partial charge in [0.15, 0.2) is 5.82 Å². The predicted octanol–water partition coefficient (Wildman–Crippen LogP) is 2.92. The Kier molecular flexibility index (Phi) is 3.98. The normalized spacial score (nSPS) is 10.8. The topological polar surface area (TPSA) is 102 Å². The van der Waals surface area contributed by atoms with E-state index in [2.05, 4.69) is 20.3 Å². The number of nitrogen functional groups attached to an aromatic ring is 1. The second-order valence-electron chi connectivity index (χ2n) is 5.60. The predicted molar refractivity (Wildman–Crippen MR) is 100 cm³/mol. The fourth-order valence-corrected chi connectivity index (χ4v) is 2.82. The lowest BCUT2D eigenvalue weighted by Crippen LogP contribution is -2.09. The van der Waals surface area contributed by atoms with Gasteiger partial charge in [0.25, 0.3) is 5.56 Å². The van der Waals surface area contributed by atoms with E-state index >= 15 is 0 Å². The average Bonchev–Trinajstić information content (AvgIpc) is 3.08. The number of rotatable bonds is 3. The van der Waals surface area contributed by atoms with E-state index < -0.39 is 0 Å². The molecule has 3 aromatic heterocycles. The molecule has 7 nitrogen and oxygen atoms in total. The molecule has 128 valence electrons. The van der Waals surface area contributed by atoms with Crippen LogP contribution in [0.15, 0.2) is 65.7 Å². The van der Waals surface area contributed by atoms with Gasteiger partial charge < -0.3 is 5.73 Å². The Morgan fingerprint density at radius 3 is 2.69 bits per heavy atom. The molecule has 3 heterocycles. The molecule has 0 spiro atoms. The number of hydrogen-bond acceptors (Lipinski definition) is 5. The summed E-state index contributed by atoms with van der Waals surface area (Å²) in [5.41, 5.74) is 8.83. The van der Waals surface area contributed by atoms with Crippen LogP contribution < -0.4 is 11.3 Å². The number of pyridine rings is 1. The minimum atomic E-state index is -0.280. The lowest BCUT2D eigenvalue weighted by molar-refractivity contribution is 0.809. The minimum absolute atomic E-state index is 0.280. The molecule has 0 aliphatic rings. The van der Waals surface area contributed by atoms with Crippen molar-refractivity contribution in [1.82, 2.24) is 25.0 Å². The van der Waals surface area contributed by atoms with Crippen molar-refractivity contribution in [2.24, 2.45) is 0 Å². The van der Waals surface area contributed by atoms with E-state index in [1.165, 1.54) is 6.07 Å². The first kappa shape index (κ1) is 16.0. The molecule has 0 aliphatic heterocycles. The van der Waals surface area contributed by atoms with Gasteiger partial charge in [-0.15, -0.1) is 0 Å². The summed E-state index contributed by atoms with van der Waals surface area (Å²) >= 11 is 6.14. The third kappa shape index (κ3) is 3.07. The van der Waals surface area contributed by atoms with Gasteiger partial charge in [0, 0.05) is 34.6 Å². The van der Waals surface area contributed by atoms with Gasteiger partial charge >= 0.3 is 0 Å². The van der Waals surface area contributed by atoms with Crippen LogP contribution in [0.2, 0.25) is 5.02 Å². The molecule has 26 heavy (non-hydrogen) atoms. The molecule has 0 radical (unpaired) electrons. The maximum atomic E-state index is 11.3. The summed E-state index contributed by atoms with van der Waals surface area (Å²) in [6.07, 6.45) is 3.47. The van der Waals surface area contributed by atoms with E-state index in [1.54, 1.807) is 29.1 Å². The third-order valence-corrected chi connectivity index (χ3v) is 4.04. The molecule has 0 atom stereocenters. The van der Waals surface area contributed by atoms with Crippen molar-refractivity contribution in [1.29, 1.82) is 0 Å². The summed E-state index contributed by atoms with van der Waals surface area (Å²) in [4.78, 5) is 15.3. The number of anilines is 1. The lowest BCUT2D eigenvalue weighted by Gasteiger charge is -2.04. The van der Waals surface area contributed by atoms with Crippen molar-refractivity contribution < 1.29 is 0 Å². The number of H-pyrrole nitrogens is 1. The van der Waals surface area contributed by atoms with Crippen molar-refractivity contribution in [3.63, 3.8) is 0 Å². The highest BCUT2D eigenvalue weighted by atomic mass is 35.5. The van der Waals surface area contributed by atoms with Crippen molar-refractivity contribution in [3.8, 4) is 28.2 Å². The minimum Gasteiger partial charge on any atom is -0.384 e. The average molecular weight is 365 g/mol. The highest BCUT2D eigenvalue weighted by Crippen LogP contribution is 2.33. The summed E-state index contributed by atoms with van der Waals surface area (Å²) in [5.74, 6) is 0.899. The lowest BCUT2D eigenvalue weighted by atomic mass is 10.0. The molecule has 1 aromatic carbocycles. The van der Waals surface area contributed by atoms with E-state index in [0.29, 0.717) is 22.4 Å². The molecule has 0 saturated carbocycles. The zero-order valence-corrected chi connectivity index (χ0v) is 14.2. The Balaban J connectivity index is 1.93. The fraction of sp³-hybridized carbons (Fsp3) is 0. The number of nitrogens with zero attached hydrogens (tertiary/aromatic N) is 4. The summed E-state index contributed by atoms with van der Waals surface area (Å²) in [6.45, 7) is 0. The van der Waals surface area contributed by atoms with Crippen LogP contribution in [0.1, 0.15) is 0 Å².